The second kappa shape index (κ2) is 7.70. The minimum Gasteiger partial charge on any atom is -0.388 e. The van der Waals surface area contributed by atoms with Crippen molar-refractivity contribution in [1.82, 2.24) is 19.6 Å². The molecular weight excluding hydrogens is 653 g/mol. The number of aliphatic hydroxyl groups is 1. The Morgan fingerprint density at radius 3 is 1.98 bits per heavy atom. The van der Waals surface area contributed by atoms with E-state index in [1.165, 1.54) is 48.1 Å². The minimum absolute atomic E-state index is 0.165. The van der Waals surface area contributed by atoms with E-state index in [2.05, 4.69) is 10.6 Å². The number of hydrogen-bond acceptors (Lipinski definition) is 11. The van der Waals surface area contributed by atoms with E-state index >= 15 is 0 Å². The lowest BCUT2D eigenvalue weighted by molar-refractivity contribution is -0.166. The summed E-state index contributed by atoms with van der Waals surface area (Å²) in [6.07, 6.45) is -2.82. The van der Waals surface area contributed by atoms with Gasteiger partial charge in [-0.05, 0) is 47.9 Å². The second-order valence-electron chi connectivity index (χ2n) is 13.5. The molecule has 2 aromatic carbocycles. The first-order chi connectivity index (χ1) is 21.4. The van der Waals surface area contributed by atoms with Gasteiger partial charge in [0.15, 0.2) is 14.6 Å². The molecule has 4 bridgehead atoms. The summed E-state index contributed by atoms with van der Waals surface area (Å²) in [6, 6.07) is 15.5. The fourth-order valence-electron chi connectivity index (χ4n) is 9.74. The largest absolute Gasteiger partial charge is 0.388 e. The van der Waals surface area contributed by atoms with Crippen molar-refractivity contribution in [3.8, 4) is 0 Å². The molecule has 2 spiro atoms. The van der Waals surface area contributed by atoms with Crippen LogP contribution in [-0.4, -0.2) is 100 Å². The van der Waals surface area contributed by atoms with Crippen molar-refractivity contribution in [2.45, 2.75) is 69.0 Å². The van der Waals surface area contributed by atoms with Crippen molar-refractivity contribution in [3.63, 3.8) is 0 Å². The molecule has 10 aliphatic rings. The molecule has 3 N–H and O–H groups in total. The van der Waals surface area contributed by atoms with Gasteiger partial charge in [-0.15, -0.1) is 0 Å². The summed E-state index contributed by atoms with van der Waals surface area (Å²) in [6.45, 7) is 3.54. The van der Waals surface area contributed by atoms with Gasteiger partial charge in [0.05, 0.1) is 10.8 Å². The predicted molar refractivity (Wildman–Crippen MR) is 174 cm³/mol. The van der Waals surface area contributed by atoms with E-state index in [0.29, 0.717) is 0 Å². The Kier molecular flexibility index (Phi) is 4.69. The van der Waals surface area contributed by atoms with E-state index < -0.39 is 48.7 Å². The van der Waals surface area contributed by atoms with Gasteiger partial charge in [0.25, 0.3) is 23.6 Å². The number of rotatable bonds is 1. The molecule has 10 heterocycles. The summed E-state index contributed by atoms with van der Waals surface area (Å²) >= 11 is 0. The number of nitrogens with zero attached hydrogens (tertiary/aromatic N) is 4. The Morgan fingerprint density at radius 2 is 1.27 bits per heavy atom. The second-order valence-corrected chi connectivity index (χ2v) is 19.0. The number of benzene rings is 2. The Morgan fingerprint density at radius 1 is 0.711 bits per heavy atom. The monoisotopic (exact) mass is 680 g/mol. The van der Waals surface area contributed by atoms with E-state index in [4.69, 9.17) is 0 Å². The number of likely N-dealkylation sites (N-methyl/N-ethyl adjacent to an activating group) is 2. The van der Waals surface area contributed by atoms with Crippen LogP contribution in [0.5, 0.6) is 0 Å². The number of carbonyl (C=O) groups excluding carboxylic acids is 4. The number of carbonyl (C=O) groups is 4. The van der Waals surface area contributed by atoms with E-state index in [1.807, 2.05) is 48.5 Å². The Labute approximate surface area is 274 Å². The molecule has 2 aromatic rings. The molecule has 15 heteroatoms. The molecular formula is C30H28N6O5S4. The van der Waals surface area contributed by atoms with Crippen molar-refractivity contribution >= 4 is 78.2 Å². The number of amides is 4. The van der Waals surface area contributed by atoms with Crippen LogP contribution in [0, 0.1) is 0 Å². The molecule has 4 amide bonds. The summed E-state index contributed by atoms with van der Waals surface area (Å²) in [4.78, 5) is 59.5. The van der Waals surface area contributed by atoms with Gasteiger partial charge in [-0.3, -0.25) is 29.0 Å². The molecule has 0 aliphatic carbocycles. The van der Waals surface area contributed by atoms with Gasteiger partial charge in [0.1, 0.15) is 18.4 Å². The summed E-state index contributed by atoms with van der Waals surface area (Å²) in [5.74, 6) is -0.935. The first-order valence-electron chi connectivity index (χ1n) is 14.8. The summed E-state index contributed by atoms with van der Waals surface area (Å²) in [7, 11) is 8.67. The van der Waals surface area contributed by atoms with Crippen LogP contribution in [0.25, 0.3) is 0 Å². The Balaban J connectivity index is 1.33. The number of para-hydroxylation sites is 2. The standard InChI is InChI=1S/C30H28N6O5S4/c1-25-21(38)35-19-27(14-9-5-7-11-16(14)31-19,13-28(35,44-42-25)23(40)33(25)3)29-15-10-6-8-12-17(15)32-20(29)36-22(39)26(2)34(4)24(41)30(36,18(29)37)45-43-26/h5-12,18-20,31-32,37H,13H2,1-4H3/t18-,19+,20+,25-,26-,27?,28-,29+,30-/m0/s1. The maximum absolute atomic E-state index is 14.6. The van der Waals surface area contributed by atoms with Gasteiger partial charge in [0, 0.05) is 31.9 Å². The third-order valence-corrected chi connectivity index (χ3v) is 19.4. The van der Waals surface area contributed by atoms with Gasteiger partial charge in [-0.2, -0.15) is 0 Å². The van der Waals surface area contributed by atoms with Gasteiger partial charge in [-0.1, -0.05) is 68.8 Å². The number of nitrogens with one attached hydrogen (secondary N) is 2. The van der Waals surface area contributed by atoms with Crippen LogP contribution >= 0.6 is 43.2 Å². The summed E-state index contributed by atoms with van der Waals surface area (Å²) < 4.78 is 0. The zero-order valence-corrected chi connectivity index (χ0v) is 27.8. The van der Waals surface area contributed by atoms with Crippen molar-refractivity contribution in [2.24, 2.45) is 0 Å². The third kappa shape index (κ3) is 2.36. The Hall–Kier alpha value is -2.72. The number of hydrogen-bond donors (Lipinski definition) is 3. The molecule has 0 saturated carbocycles. The molecule has 8 fully saturated rings. The molecule has 11 nitrogen and oxygen atoms in total. The fourth-order valence-corrected chi connectivity index (χ4v) is 16.8. The lowest BCUT2D eigenvalue weighted by Crippen LogP contribution is -2.77. The quantitative estimate of drug-likeness (QED) is 0.385. The van der Waals surface area contributed by atoms with E-state index in [1.54, 1.807) is 42.6 Å². The zero-order valence-electron chi connectivity index (χ0n) is 24.6. The highest BCUT2D eigenvalue weighted by Gasteiger charge is 2.90. The number of aliphatic hydroxyl groups excluding tert-OH is 1. The van der Waals surface area contributed by atoms with Gasteiger partial charge in [0.2, 0.25) is 4.87 Å². The molecule has 8 saturated heterocycles. The molecule has 45 heavy (non-hydrogen) atoms. The molecule has 10 aliphatic heterocycles. The molecule has 9 atom stereocenters. The first-order valence-corrected chi connectivity index (χ1v) is 19.1. The molecule has 232 valence electrons. The van der Waals surface area contributed by atoms with Crippen LogP contribution in [0.15, 0.2) is 48.5 Å². The van der Waals surface area contributed by atoms with Crippen molar-refractivity contribution < 1.29 is 24.3 Å². The third-order valence-electron chi connectivity index (χ3n) is 12.0. The summed E-state index contributed by atoms with van der Waals surface area (Å²) in [5.41, 5.74) is 0.681. The SMILES string of the molecule is CN1C(=O)[C@@]23CC4([C@@]56c7ccccc7N[C@@H]5N5C(=O)[C@]7(C)SS[C@]5(C(=O)N7C)[C@H]6O)c5ccccc5N[C@@H]4N2C(=O)[C@]1(C)SS3. The maximum Gasteiger partial charge on any atom is 0.264 e. The predicted octanol–water partition coefficient (Wildman–Crippen LogP) is 2.36. The number of piperazine rings is 2. The summed E-state index contributed by atoms with van der Waals surface area (Å²) in [5, 5.41) is 20.5. The van der Waals surface area contributed by atoms with Crippen LogP contribution in [0.3, 0.4) is 0 Å². The van der Waals surface area contributed by atoms with Gasteiger partial charge in [-0.25, -0.2) is 0 Å². The van der Waals surface area contributed by atoms with Crippen LogP contribution in [0.4, 0.5) is 11.4 Å². The van der Waals surface area contributed by atoms with E-state index in [0.717, 1.165) is 22.5 Å². The number of anilines is 2. The molecule has 0 aromatic heterocycles. The average Bonchev–Trinajstić information content (AvgIpc) is 3.70. The van der Waals surface area contributed by atoms with Crippen LogP contribution in [0.1, 0.15) is 31.4 Å². The van der Waals surface area contributed by atoms with E-state index in [9.17, 15) is 24.3 Å². The van der Waals surface area contributed by atoms with Gasteiger partial charge < -0.3 is 25.5 Å². The van der Waals surface area contributed by atoms with Crippen LogP contribution < -0.4 is 10.6 Å². The lowest BCUT2D eigenvalue weighted by Gasteiger charge is -2.58. The van der Waals surface area contributed by atoms with Gasteiger partial charge >= 0.3 is 0 Å². The minimum atomic E-state index is -1.63. The first kappa shape index (κ1) is 27.4. The molecule has 0 radical (unpaired) electrons. The van der Waals surface area contributed by atoms with Crippen molar-refractivity contribution in [1.29, 1.82) is 0 Å². The van der Waals surface area contributed by atoms with Crippen LogP contribution in [-0.2, 0) is 30.0 Å². The topological polar surface area (TPSA) is 126 Å². The Bertz CT molecular complexity index is 1860. The van der Waals surface area contributed by atoms with E-state index in [-0.39, 0.29) is 30.0 Å². The molecule has 1 unspecified atom stereocenters. The fraction of sp³-hybridized carbons (Fsp3) is 0.467. The molecule has 12 rings (SSSR count). The smallest absolute Gasteiger partial charge is 0.264 e. The number of fused-ring (bicyclic) bond motifs is 11. The van der Waals surface area contributed by atoms with Crippen molar-refractivity contribution in [2.75, 3.05) is 24.7 Å². The van der Waals surface area contributed by atoms with Crippen LogP contribution in [0.2, 0.25) is 0 Å². The highest BCUT2D eigenvalue weighted by molar-refractivity contribution is 8.78. The zero-order chi connectivity index (χ0) is 31.3. The normalized spacial score (nSPS) is 46.1. The van der Waals surface area contributed by atoms with Crippen molar-refractivity contribution in [3.05, 3.63) is 59.7 Å². The maximum atomic E-state index is 14.6. The highest BCUT2D eigenvalue weighted by Crippen LogP contribution is 2.78. The lowest BCUT2D eigenvalue weighted by atomic mass is 9.53. The highest BCUT2D eigenvalue weighted by atomic mass is 33.1. The average molecular weight is 681 g/mol.